The van der Waals surface area contributed by atoms with E-state index >= 15 is 0 Å². The molecule has 0 saturated carbocycles. The first kappa shape index (κ1) is 44.7. The van der Waals surface area contributed by atoms with E-state index in [-0.39, 0.29) is 0 Å². The number of hydrogen-bond donors (Lipinski definition) is 2. The van der Waals surface area contributed by atoms with Crippen molar-refractivity contribution in [2.24, 2.45) is 0 Å². The predicted molar refractivity (Wildman–Crippen MR) is 200 cm³/mol. The van der Waals surface area contributed by atoms with Crippen LogP contribution in [-0.4, -0.2) is 23.4 Å². The average molecular weight is 615 g/mol. The molecule has 0 aromatic carbocycles. The molecule has 0 rings (SSSR count). The monoisotopic (exact) mass is 615 g/mol. The first-order valence-electron chi connectivity index (χ1n) is 19.3. The summed E-state index contributed by atoms with van der Waals surface area (Å²) in [5.41, 5.74) is 0. The highest BCUT2D eigenvalue weighted by Crippen LogP contribution is 2.12. The van der Waals surface area contributed by atoms with Crippen LogP contribution in [0.1, 0.15) is 194 Å². The maximum absolute atomic E-state index is 8.71. The van der Waals surface area contributed by atoms with Gasteiger partial charge in [-0.3, -0.25) is 0 Å². The fourth-order valence-corrected chi connectivity index (χ4v) is 5.00. The third-order valence-corrected chi connectivity index (χ3v) is 7.91. The van der Waals surface area contributed by atoms with E-state index < -0.39 is 0 Å². The van der Waals surface area contributed by atoms with Crippen molar-refractivity contribution < 1.29 is 10.2 Å². The summed E-state index contributed by atoms with van der Waals surface area (Å²) >= 11 is 0. The number of aliphatic hydroxyl groups excluding tert-OH is 2. The highest BCUT2D eigenvalue weighted by atomic mass is 16.3. The van der Waals surface area contributed by atoms with Crippen LogP contribution < -0.4 is 0 Å². The van der Waals surface area contributed by atoms with Crippen molar-refractivity contribution in [3.05, 3.63) is 60.8 Å². The summed E-state index contributed by atoms with van der Waals surface area (Å²) in [5, 5.41) is 17.4. The molecule has 0 bridgehead atoms. The molecule has 0 aliphatic heterocycles. The van der Waals surface area contributed by atoms with Crippen LogP contribution in [-0.2, 0) is 0 Å². The second-order valence-electron chi connectivity index (χ2n) is 12.4. The van der Waals surface area contributed by atoms with Crippen LogP contribution in [0, 0.1) is 0 Å². The highest BCUT2D eigenvalue weighted by Gasteiger charge is 1.93. The lowest BCUT2D eigenvalue weighted by atomic mass is 10.1. The average Bonchev–Trinajstić information content (AvgIpc) is 3.04. The number of rotatable bonds is 33. The maximum atomic E-state index is 8.71. The minimum absolute atomic E-state index is 0.313. The molecule has 0 aliphatic carbocycles. The fraction of sp³-hybridized carbons (Fsp3) is 0.762. The Labute approximate surface area is 277 Å². The van der Waals surface area contributed by atoms with Gasteiger partial charge in [0.25, 0.3) is 0 Å². The van der Waals surface area contributed by atoms with Crippen LogP contribution >= 0.6 is 0 Å². The molecular formula is C42H78O2. The van der Waals surface area contributed by atoms with Crippen LogP contribution in [0.2, 0.25) is 0 Å². The zero-order valence-electron chi connectivity index (χ0n) is 29.9. The molecular weight excluding hydrogens is 536 g/mol. The molecule has 0 aliphatic rings. The summed E-state index contributed by atoms with van der Waals surface area (Å²) in [6.45, 7) is 5.21. The van der Waals surface area contributed by atoms with Crippen molar-refractivity contribution >= 4 is 0 Å². The summed E-state index contributed by atoms with van der Waals surface area (Å²) in [4.78, 5) is 0. The van der Waals surface area contributed by atoms with Crippen LogP contribution in [0.15, 0.2) is 60.8 Å². The lowest BCUT2D eigenvalue weighted by molar-refractivity contribution is 0.282. The van der Waals surface area contributed by atoms with Crippen molar-refractivity contribution in [2.45, 2.75) is 194 Å². The van der Waals surface area contributed by atoms with Crippen LogP contribution in [0.5, 0.6) is 0 Å². The SMILES string of the molecule is CCCCC/C=C\C/C=C\C/C=C\C/C=C\CCCCO.CCCCCCCC/C=C\CCCCCCCCCCCCO. The van der Waals surface area contributed by atoms with E-state index in [1.54, 1.807) is 0 Å². The zero-order valence-corrected chi connectivity index (χ0v) is 29.9. The molecule has 2 N–H and O–H groups in total. The molecule has 44 heavy (non-hydrogen) atoms. The molecule has 0 spiro atoms. The zero-order chi connectivity index (χ0) is 32.3. The maximum Gasteiger partial charge on any atom is 0.0431 e. The lowest BCUT2D eigenvalue weighted by Crippen LogP contribution is -1.84. The second-order valence-corrected chi connectivity index (χ2v) is 12.4. The van der Waals surface area contributed by atoms with Gasteiger partial charge in [0.15, 0.2) is 0 Å². The van der Waals surface area contributed by atoms with Gasteiger partial charge in [-0.25, -0.2) is 0 Å². The molecule has 0 atom stereocenters. The first-order valence-corrected chi connectivity index (χ1v) is 19.3. The highest BCUT2D eigenvalue weighted by molar-refractivity contribution is 4.99. The smallest absolute Gasteiger partial charge is 0.0431 e. The summed E-state index contributed by atoms with van der Waals surface area (Å²) in [6.07, 6.45) is 58.4. The Morgan fingerprint density at radius 3 is 0.886 bits per heavy atom. The fourth-order valence-electron chi connectivity index (χ4n) is 5.00. The minimum Gasteiger partial charge on any atom is -0.396 e. The van der Waals surface area contributed by atoms with Gasteiger partial charge in [-0.05, 0) is 83.5 Å². The molecule has 0 aromatic rings. The Kier molecular flexibility index (Phi) is 46.8. The van der Waals surface area contributed by atoms with Gasteiger partial charge in [-0.1, -0.05) is 171 Å². The van der Waals surface area contributed by atoms with E-state index in [9.17, 15) is 0 Å². The first-order chi connectivity index (χ1) is 21.8. The topological polar surface area (TPSA) is 40.5 Å². The lowest BCUT2D eigenvalue weighted by Gasteiger charge is -2.01. The van der Waals surface area contributed by atoms with Gasteiger partial charge in [0, 0.05) is 13.2 Å². The van der Waals surface area contributed by atoms with Gasteiger partial charge in [0.05, 0.1) is 0 Å². The Morgan fingerprint density at radius 2 is 0.500 bits per heavy atom. The van der Waals surface area contributed by atoms with Crippen molar-refractivity contribution in [3.63, 3.8) is 0 Å². The molecule has 0 unspecified atom stereocenters. The van der Waals surface area contributed by atoms with Crippen molar-refractivity contribution in [1.82, 2.24) is 0 Å². The van der Waals surface area contributed by atoms with Gasteiger partial charge in [-0.15, -0.1) is 0 Å². The summed E-state index contributed by atoms with van der Waals surface area (Å²) in [6, 6.07) is 0. The Bertz CT molecular complexity index is 598. The van der Waals surface area contributed by atoms with Gasteiger partial charge in [0.2, 0.25) is 0 Å². The molecule has 0 saturated heterocycles. The van der Waals surface area contributed by atoms with Crippen LogP contribution in [0.4, 0.5) is 0 Å². The molecule has 0 radical (unpaired) electrons. The minimum atomic E-state index is 0.313. The van der Waals surface area contributed by atoms with Crippen LogP contribution in [0.25, 0.3) is 0 Å². The van der Waals surface area contributed by atoms with Gasteiger partial charge < -0.3 is 10.2 Å². The van der Waals surface area contributed by atoms with Crippen molar-refractivity contribution in [2.75, 3.05) is 13.2 Å². The molecule has 0 amide bonds. The van der Waals surface area contributed by atoms with Crippen molar-refractivity contribution in [3.8, 4) is 0 Å². The van der Waals surface area contributed by atoms with Gasteiger partial charge in [0.1, 0.15) is 0 Å². The quantitative estimate of drug-likeness (QED) is 0.0570. The van der Waals surface area contributed by atoms with E-state index in [0.717, 1.165) is 44.9 Å². The predicted octanol–water partition coefficient (Wildman–Crippen LogP) is 13.7. The Morgan fingerprint density at radius 1 is 0.273 bits per heavy atom. The van der Waals surface area contributed by atoms with E-state index in [1.807, 2.05) is 0 Å². The molecule has 258 valence electrons. The summed E-state index contributed by atoms with van der Waals surface area (Å²) in [7, 11) is 0. The largest absolute Gasteiger partial charge is 0.396 e. The third kappa shape index (κ3) is 47.5. The Balaban J connectivity index is 0. The Hall–Kier alpha value is -1.38. The number of hydrogen-bond acceptors (Lipinski definition) is 2. The molecule has 0 aromatic heterocycles. The normalized spacial score (nSPS) is 12.1. The van der Waals surface area contributed by atoms with Gasteiger partial charge >= 0.3 is 0 Å². The van der Waals surface area contributed by atoms with E-state index in [4.69, 9.17) is 10.2 Å². The molecule has 2 nitrogen and oxygen atoms in total. The molecule has 2 heteroatoms. The summed E-state index contributed by atoms with van der Waals surface area (Å²) in [5.74, 6) is 0. The summed E-state index contributed by atoms with van der Waals surface area (Å²) < 4.78 is 0. The van der Waals surface area contributed by atoms with E-state index in [1.165, 1.54) is 135 Å². The number of unbranched alkanes of at least 4 members (excludes halogenated alkanes) is 21. The molecule has 0 fully saturated rings. The number of allylic oxidation sites excluding steroid dienone is 10. The van der Waals surface area contributed by atoms with Crippen LogP contribution in [0.3, 0.4) is 0 Å². The van der Waals surface area contributed by atoms with Gasteiger partial charge in [-0.2, -0.15) is 0 Å². The van der Waals surface area contributed by atoms with E-state index in [2.05, 4.69) is 74.6 Å². The standard InChI is InChI=1S/C22H44O.C20H34O/c1-2-3-4-5-6-7-8-9-10-11-12-13-14-15-16-17-18-19-20-21-22-23;1-2-3-4-5-6-7-8-9-10-11-12-13-14-15-16-17-18-19-20-21/h9-10,23H,2-8,11-22H2,1H3;6-7,9-10,12-13,15-16,21H,2-5,8,11,14,17-20H2,1H3/b10-9-;7-6-,10-9-,13-12-,16-15-. The third-order valence-electron chi connectivity index (χ3n) is 7.91. The molecule has 0 heterocycles. The van der Waals surface area contributed by atoms with Crippen molar-refractivity contribution in [1.29, 1.82) is 0 Å². The second kappa shape index (κ2) is 46.0. The number of aliphatic hydroxyl groups is 2. The van der Waals surface area contributed by atoms with E-state index in [0.29, 0.717) is 13.2 Å².